The molecule has 0 saturated heterocycles. The molecule has 0 radical (unpaired) electrons. The van der Waals surface area contributed by atoms with Crippen LogP contribution in [0.2, 0.25) is 0 Å². The van der Waals surface area contributed by atoms with E-state index in [4.69, 9.17) is 4.42 Å². The fraction of sp³-hybridized carbons (Fsp3) is 0.308. The molecule has 2 aromatic carbocycles. The molecule has 5 heteroatoms. The summed E-state index contributed by atoms with van der Waals surface area (Å²) < 4.78 is 6.08. The summed E-state index contributed by atoms with van der Waals surface area (Å²) in [7, 11) is 0. The van der Waals surface area contributed by atoms with E-state index >= 15 is 0 Å². The van der Waals surface area contributed by atoms with Gasteiger partial charge in [-0.25, -0.2) is 0 Å². The number of rotatable bonds is 7. The van der Waals surface area contributed by atoms with Gasteiger partial charge in [0.05, 0.1) is 13.1 Å². The molecule has 0 atom stereocenters. The third-order valence-electron chi connectivity index (χ3n) is 5.92. The second kappa shape index (κ2) is 9.31. The lowest BCUT2D eigenvalue weighted by Crippen LogP contribution is -2.35. The molecule has 1 aromatic heterocycles. The number of hydrogen-bond acceptors (Lipinski definition) is 4. The van der Waals surface area contributed by atoms with Crippen molar-refractivity contribution in [2.24, 2.45) is 0 Å². The van der Waals surface area contributed by atoms with Crippen molar-refractivity contribution in [1.82, 2.24) is 9.80 Å². The first-order chi connectivity index (χ1) is 15.1. The number of hydrogen-bond donors (Lipinski definition) is 0. The van der Waals surface area contributed by atoms with Gasteiger partial charge in [-0.2, -0.15) is 0 Å². The van der Waals surface area contributed by atoms with Gasteiger partial charge in [-0.3, -0.25) is 14.5 Å². The summed E-state index contributed by atoms with van der Waals surface area (Å²) in [4.78, 5) is 29.7. The minimum atomic E-state index is -0.0430. The van der Waals surface area contributed by atoms with E-state index in [1.165, 1.54) is 5.56 Å². The summed E-state index contributed by atoms with van der Waals surface area (Å²) >= 11 is 0. The molecule has 0 fully saturated rings. The maximum Gasteiger partial charge on any atom is 0.254 e. The van der Waals surface area contributed by atoms with E-state index in [1.807, 2.05) is 23.1 Å². The molecule has 0 N–H and O–H groups in total. The first kappa shape index (κ1) is 21.1. The van der Waals surface area contributed by atoms with Crippen molar-refractivity contribution in [3.8, 4) is 0 Å². The Labute approximate surface area is 183 Å². The number of ketones is 1. The molecule has 1 amide bonds. The Morgan fingerprint density at radius 3 is 2.26 bits per heavy atom. The van der Waals surface area contributed by atoms with E-state index in [0.29, 0.717) is 29.8 Å². The Kier molecular flexibility index (Phi) is 6.33. The molecule has 0 unspecified atom stereocenters. The average molecular weight is 417 g/mol. The summed E-state index contributed by atoms with van der Waals surface area (Å²) in [5.74, 6) is 1.77. The molecule has 2 heterocycles. The molecule has 1 aliphatic heterocycles. The molecule has 31 heavy (non-hydrogen) atoms. The fourth-order valence-electron chi connectivity index (χ4n) is 4.00. The van der Waals surface area contributed by atoms with Gasteiger partial charge in [0.1, 0.15) is 11.5 Å². The van der Waals surface area contributed by atoms with E-state index < -0.39 is 0 Å². The fourth-order valence-corrected chi connectivity index (χ4v) is 4.00. The summed E-state index contributed by atoms with van der Waals surface area (Å²) in [5.41, 5.74) is 3.01. The summed E-state index contributed by atoms with van der Waals surface area (Å²) in [5, 5.41) is 0. The van der Waals surface area contributed by atoms with E-state index in [2.05, 4.69) is 24.8 Å². The van der Waals surface area contributed by atoms with Crippen LogP contribution in [0.5, 0.6) is 0 Å². The number of fused-ring (bicyclic) bond motifs is 1. The van der Waals surface area contributed by atoms with Crippen LogP contribution < -0.4 is 0 Å². The van der Waals surface area contributed by atoms with Crippen molar-refractivity contribution in [1.29, 1.82) is 0 Å². The Balaban J connectivity index is 1.44. The highest BCUT2D eigenvalue weighted by molar-refractivity contribution is 6.09. The molecule has 4 rings (SSSR count). The van der Waals surface area contributed by atoms with Crippen LogP contribution in [0.4, 0.5) is 0 Å². The SMILES string of the molecule is CCN(CC)Cc1cc2c(o1)CN(C(=O)c1ccc(C(=O)c3ccccc3)cc1)CC2. The molecule has 0 spiro atoms. The van der Waals surface area contributed by atoms with Crippen LogP contribution in [0.15, 0.2) is 65.1 Å². The van der Waals surface area contributed by atoms with Crippen molar-refractivity contribution in [3.63, 3.8) is 0 Å². The summed E-state index contributed by atoms with van der Waals surface area (Å²) in [6.07, 6.45) is 0.799. The number of carbonyl (C=O) groups excluding carboxylic acids is 2. The predicted molar refractivity (Wildman–Crippen MR) is 120 cm³/mol. The van der Waals surface area contributed by atoms with Crippen LogP contribution in [-0.4, -0.2) is 41.1 Å². The maximum absolute atomic E-state index is 13.0. The lowest BCUT2D eigenvalue weighted by atomic mass is 10.0. The Morgan fingerprint density at radius 2 is 1.58 bits per heavy atom. The number of furan rings is 1. The molecule has 1 aliphatic rings. The first-order valence-electron chi connectivity index (χ1n) is 10.9. The van der Waals surface area contributed by atoms with Crippen LogP contribution in [0.1, 0.15) is 57.2 Å². The van der Waals surface area contributed by atoms with Crippen molar-refractivity contribution in [3.05, 3.63) is 94.4 Å². The standard InChI is InChI=1S/C26H28N2O3/c1-3-27(4-2)17-23-16-22-14-15-28(18-24(22)31-23)26(30)21-12-10-20(11-13-21)25(29)19-8-6-5-7-9-19/h5-13,16H,3-4,14-15,17-18H2,1-2H3. The molecule has 0 saturated carbocycles. The lowest BCUT2D eigenvalue weighted by molar-refractivity contribution is 0.0718. The molecule has 3 aromatic rings. The first-order valence-corrected chi connectivity index (χ1v) is 10.9. The Morgan fingerprint density at radius 1 is 0.935 bits per heavy atom. The van der Waals surface area contributed by atoms with E-state index in [9.17, 15) is 9.59 Å². The number of nitrogens with zero attached hydrogens (tertiary/aromatic N) is 2. The average Bonchev–Trinajstić information content (AvgIpc) is 3.24. The van der Waals surface area contributed by atoms with Crippen molar-refractivity contribution < 1.29 is 14.0 Å². The van der Waals surface area contributed by atoms with Gasteiger partial charge in [0.25, 0.3) is 5.91 Å². The molecular weight excluding hydrogens is 388 g/mol. The number of amides is 1. The van der Waals surface area contributed by atoms with E-state index in [1.54, 1.807) is 36.4 Å². The lowest BCUT2D eigenvalue weighted by Gasteiger charge is -2.26. The second-order valence-corrected chi connectivity index (χ2v) is 7.87. The number of benzene rings is 2. The third-order valence-corrected chi connectivity index (χ3v) is 5.92. The monoisotopic (exact) mass is 416 g/mol. The van der Waals surface area contributed by atoms with Crippen molar-refractivity contribution >= 4 is 11.7 Å². The summed E-state index contributed by atoms with van der Waals surface area (Å²) in [6, 6.07) is 18.2. The van der Waals surface area contributed by atoms with Gasteiger partial charge >= 0.3 is 0 Å². The predicted octanol–water partition coefficient (Wildman–Crippen LogP) is 4.55. The zero-order valence-corrected chi connectivity index (χ0v) is 18.1. The molecule has 5 nitrogen and oxygen atoms in total. The minimum Gasteiger partial charge on any atom is -0.463 e. The van der Waals surface area contributed by atoms with Gasteiger partial charge in [-0.05, 0) is 43.3 Å². The number of carbonyl (C=O) groups is 2. The molecular formula is C26H28N2O3. The van der Waals surface area contributed by atoms with E-state index in [-0.39, 0.29) is 11.7 Å². The topological polar surface area (TPSA) is 53.8 Å². The normalized spacial score (nSPS) is 13.3. The van der Waals surface area contributed by atoms with Crippen LogP contribution in [0, 0.1) is 0 Å². The van der Waals surface area contributed by atoms with Gasteiger partial charge < -0.3 is 9.32 Å². The Bertz CT molecular complexity index is 1050. The Hall–Kier alpha value is -3.18. The van der Waals surface area contributed by atoms with Gasteiger partial charge in [0.2, 0.25) is 0 Å². The van der Waals surface area contributed by atoms with Gasteiger partial charge in [0, 0.05) is 23.2 Å². The summed E-state index contributed by atoms with van der Waals surface area (Å²) in [6.45, 7) is 8.20. The second-order valence-electron chi connectivity index (χ2n) is 7.87. The molecule has 160 valence electrons. The van der Waals surface area contributed by atoms with Gasteiger partial charge in [0.15, 0.2) is 5.78 Å². The highest BCUT2D eigenvalue weighted by atomic mass is 16.3. The van der Waals surface area contributed by atoms with Crippen LogP contribution >= 0.6 is 0 Å². The zero-order chi connectivity index (χ0) is 21.8. The quantitative estimate of drug-likeness (QED) is 0.530. The third kappa shape index (κ3) is 4.62. The van der Waals surface area contributed by atoms with E-state index in [0.717, 1.165) is 37.6 Å². The van der Waals surface area contributed by atoms with Crippen LogP contribution in [-0.2, 0) is 19.5 Å². The van der Waals surface area contributed by atoms with Gasteiger partial charge in [-0.1, -0.05) is 56.3 Å². The highest BCUT2D eigenvalue weighted by Crippen LogP contribution is 2.25. The van der Waals surface area contributed by atoms with Crippen molar-refractivity contribution in [2.75, 3.05) is 19.6 Å². The molecule has 0 aliphatic carbocycles. The van der Waals surface area contributed by atoms with Crippen LogP contribution in [0.25, 0.3) is 0 Å². The molecule has 0 bridgehead atoms. The van der Waals surface area contributed by atoms with Crippen molar-refractivity contribution in [2.45, 2.75) is 33.4 Å². The van der Waals surface area contributed by atoms with Crippen LogP contribution in [0.3, 0.4) is 0 Å². The smallest absolute Gasteiger partial charge is 0.254 e. The maximum atomic E-state index is 13.0. The zero-order valence-electron chi connectivity index (χ0n) is 18.1. The minimum absolute atomic E-state index is 0.0361. The largest absolute Gasteiger partial charge is 0.463 e. The highest BCUT2D eigenvalue weighted by Gasteiger charge is 2.25. The van der Waals surface area contributed by atoms with Gasteiger partial charge in [-0.15, -0.1) is 0 Å².